The van der Waals surface area contributed by atoms with Crippen LogP contribution in [0.4, 0.5) is 5.69 Å². The minimum Gasteiger partial charge on any atom is -0.399 e. The summed E-state index contributed by atoms with van der Waals surface area (Å²) in [6, 6.07) is 17.4. The van der Waals surface area contributed by atoms with Gasteiger partial charge in [0.2, 0.25) is 0 Å². The van der Waals surface area contributed by atoms with E-state index in [1.807, 2.05) is 38.1 Å². The molecule has 0 amide bonds. The fourth-order valence-electron chi connectivity index (χ4n) is 1.26. The zero-order valence-electron chi connectivity index (χ0n) is 13.4. The summed E-state index contributed by atoms with van der Waals surface area (Å²) in [5.74, 6) is 0. The molecule has 108 valence electrons. The SMILES string of the molecule is CC.CC(=N)c1cc[c-]cc1.Nc1ccc(CO)cc1.[Na+]. The van der Waals surface area contributed by atoms with Crippen molar-refractivity contribution in [3.05, 3.63) is 65.7 Å². The first-order valence-electron chi connectivity index (χ1n) is 6.60. The van der Waals surface area contributed by atoms with Gasteiger partial charge in [0.25, 0.3) is 0 Å². The average molecular weight is 294 g/mol. The number of aliphatic hydroxyl groups excluding tert-OH is 1. The van der Waals surface area contributed by atoms with Crippen LogP contribution in [0, 0.1) is 11.5 Å². The van der Waals surface area contributed by atoms with Crippen molar-refractivity contribution in [2.24, 2.45) is 0 Å². The molecule has 2 aromatic carbocycles. The number of hydrogen-bond acceptors (Lipinski definition) is 3. The molecule has 4 N–H and O–H groups in total. The van der Waals surface area contributed by atoms with Crippen LogP contribution in [-0.4, -0.2) is 10.8 Å². The van der Waals surface area contributed by atoms with Gasteiger partial charge < -0.3 is 16.2 Å². The molecule has 0 aromatic heterocycles. The fourth-order valence-corrected chi connectivity index (χ4v) is 1.26. The third-order valence-electron chi connectivity index (χ3n) is 2.31. The molecule has 0 saturated heterocycles. The Morgan fingerprint density at radius 2 is 1.57 bits per heavy atom. The summed E-state index contributed by atoms with van der Waals surface area (Å²) in [7, 11) is 0. The van der Waals surface area contributed by atoms with Crippen LogP contribution in [0.1, 0.15) is 31.9 Å². The Bertz CT molecular complexity index is 484. The normalized spacial score (nSPS) is 8.19. The second-order valence-corrected chi connectivity index (χ2v) is 3.81. The van der Waals surface area contributed by atoms with Crippen molar-refractivity contribution < 1.29 is 34.7 Å². The molecule has 21 heavy (non-hydrogen) atoms. The molecule has 0 aliphatic heterocycles. The summed E-state index contributed by atoms with van der Waals surface area (Å²) < 4.78 is 0. The Balaban J connectivity index is 0. The maximum absolute atomic E-state index is 8.59. The van der Waals surface area contributed by atoms with Crippen molar-refractivity contribution in [1.29, 1.82) is 5.41 Å². The molecule has 0 aliphatic carbocycles. The van der Waals surface area contributed by atoms with Crippen LogP contribution in [0.2, 0.25) is 0 Å². The second-order valence-electron chi connectivity index (χ2n) is 3.81. The maximum atomic E-state index is 8.59. The second kappa shape index (κ2) is 13.8. The van der Waals surface area contributed by atoms with Crippen LogP contribution in [0.5, 0.6) is 0 Å². The topological polar surface area (TPSA) is 70.1 Å². The van der Waals surface area contributed by atoms with Crippen LogP contribution in [0.3, 0.4) is 0 Å². The molecular formula is C17H23N2NaO. The van der Waals surface area contributed by atoms with E-state index < -0.39 is 0 Å². The van der Waals surface area contributed by atoms with Crippen LogP contribution in [0.15, 0.2) is 48.5 Å². The van der Waals surface area contributed by atoms with Gasteiger partial charge in [0.1, 0.15) is 0 Å². The van der Waals surface area contributed by atoms with Gasteiger partial charge in [-0.2, -0.15) is 30.3 Å². The molecule has 0 bridgehead atoms. The Kier molecular flexibility index (Phi) is 14.6. The minimum absolute atomic E-state index is 0. The molecular weight excluding hydrogens is 271 g/mol. The molecule has 0 fully saturated rings. The monoisotopic (exact) mass is 294 g/mol. The van der Waals surface area contributed by atoms with E-state index >= 15 is 0 Å². The van der Waals surface area contributed by atoms with Gasteiger partial charge in [0.15, 0.2) is 0 Å². The Hall–Kier alpha value is -1.13. The fraction of sp³-hybridized carbons (Fsp3) is 0.235. The van der Waals surface area contributed by atoms with Crippen LogP contribution in [0.25, 0.3) is 0 Å². The van der Waals surface area contributed by atoms with E-state index in [4.69, 9.17) is 16.2 Å². The van der Waals surface area contributed by atoms with Crippen molar-refractivity contribution in [3.8, 4) is 0 Å². The van der Waals surface area contributed by atoms with Crippen molar-refractivity contribution in [2.45, 2.75) is 27.4 Å². The minimum atomic E-state index is 0. The quantitative estimate of drug-likeness (QED) is 0.330. The van der Waals surface area contributed by atoms with Crippen molar-refractivity contribution in [2.75, 3.05) is 5.73 Å². The largest absolute Gasteiger partial charge is 1.00 e. The number of nitrogens with one attached hydrogen (secondary N) is 1. The van der Waals surface area contributed by atoms with E-state index in [2.05, 4.69) is 6.07 Å². The van der Waals surface area contributed by atoms with Gasteiger partial charge in [-0.3, -0.25) is 0 Å². The number of aliphatic hydroxyl groups is 1. The standard InChI is InChI=1S/C8H8N.C7H9NO.C2H6.Na/c1-7(9)8-5-3-2-4-6-8;8-7-3-1-6(5-9)2-4-7;1-2;/h3-6,9H,1H3;1-4,9H,5,8H2;1-2H3;/q-1;;;+1. The van der Waals surface area contributed by atoms with E-state index in [0.29, 0.717) is 5.71 Å². The number of anilines is 1. The smallest absolute Gasteiger partial charge is 0.399 e. The van der Waals surface area contributed by atoms with Gasteiger partial charge >= 0.3 is 29.6 Å². The molecule has 0 unspecified atom stereocenters. The molecule has 2 rings (SSSR count). The van der Waals surface area contributed by atoms with Gasteiger partial charge in [0.05, 0.1) is 6.61 Å². The van der Waals surface area contributed by atoms with E-state index in [9.17, 15) is 0 Å². The molecule has 0 radical (unpaired) electrons. The summed E-state index contributed by atoms with van der Waals surface area (Å²) in [6.07, 6.45) is 0. The third-order valence-corrected chi connectivity index (χ3v) is 2.31. The van der Waals surface area contributed by atoms with Gasteiger partial charge in [0, 0.05) is 11.4 Å². The van der Waals surface area contributed by atoms with E-state index in [1.54, 1.807) is 31.2 Å². The predicted molar refractivity (Wildman–Crippen MR) is 85.9 cm³/mol. The molecule has 0 spiro atoms. The number of nitrogens with two attached hydrogens (primary N) is 1. The molecule has 2 aromatic rings. The molecule has 4 heteroatoms. The summed E-state index contributed by atoms with van der Waals surface area (Å²) >= 11 is 0. The molecule has 0 saturated carbocycles. The van der Waals surface area contributed by atoms with Crippen molar-refractivity contribution >= 4 is 11.4 Å². The number of hydrogen-bond donors (Lipinski definition) is 3. The van der Waals surface area contributed by atoms with Crippen LogP contribution in [-0.2, 0) is 6.61 Å². The number of benzene rings is 2. The predicted octanol–water partition coefficient (Wildman–Crippen LogP) is 0.666. The maximum Gasteiger partial charge on any atom is 1.00 e. The first-order valence-corrected chi connectivity index (χ1v) is 6.60. The first kappa shape index (κ1) is 22.2. The van der Waals surface area contributed by atoms with E-state index in [1.165, 1.54) is 0 Å². The molecule has 0 atom stereocenters. The molecule has 0 aliphatic rings. The molecule has 3 nitrogen and oxygen atoms in total. The zero-order valence-corrected chi connectivity index (χ0v) is 15.4. The number of nitrogen functional groups attached to an aromatic ring is 1. The summed E-state index contributed by atoms with van der Waals surface area (Å²) in [5.41, 5.74) is 8.59. The van der Waals surface area contributed by atoms with E-state index in [-0.39, 0.29) is 36.2 Å². The summed E-state index contributed by atoms with van der Waals surface area (Å²) in [4.78, 5) is 0. The summed E-state index contributed by atoms with van der Waals surface area (Å²) in [5, 5.41) is 15.8. The molecule has 0 heterocycles. The van der Waals surface area contributed by atoms with Crippen molar-refractivity contribution in [1.82, 2.24) is 0 Å². The first-order chi connectivity index (χ1) is 9.63. The Morgan fingerprint density at radius 3 is 1.90 bits per heavy atom. The van der Waals surface area contributed by atoms with E-state index in [0.717, 1.165) is 16.8 Å². The van der Waals surface area contributed by atoms with Gasteiger partial charge in [-0.15, -0.1) is 5.56 Å². The number of rotatable bonds is 2. The van der Waals surface area contributed by atoms with Gasteiger partial charge in [-0.25, -0.2) is 0 Å². The van der Waals surface area contributed by atoms with Crippen molar-refractivity contribution in [3.63, 3.8) is 0 Å². The van der Waals surface area contributed by atoms with Gasteiger partial charge in [-0.05, 0) is 24.6 Å². The Labute approximate surface area is 150 Å². The summed E-state index contributed by atoms with van der Waals surface area (Å²) in [6.45, 7) is 5.86. The van der Waals surface area contributed by atoms with Crippen LogP contribution < -0.4 is 35.3 Å². The van der Waals surface area contributed by atoms with Crippen LogP contribution >= 0.6 is 0 Å². The zero-order chi connectivity index (χ0) is 15.4. The van der Waals surface area contributed by atoms with Gasteiger partial charge in [-0.1, -0.05) is 26.0 Å². The Morgan fingerprint density at radius 1 is 1.10 bits per heavy atom. The average Bonchev–Trinajstić information content (AvgIpc) is 2.51. The third kappa shape index (κ3) is 10.3.